The molecule has 0 amide bonds. The Morgan fingerprint density at radius 1 is 1.07 bits per heavy atom. The Kier molecular flexibility index (Phi) is 4.19. The van der Waals surface area contributed by atoms with Crippen molar-refractivity contribution >= 4 is 28.2 Å². The van der Waals surface area contributed by atoms with Crippen molar-refractivity contribution in [2.75, 3.05) is 5.32 Å². The van der Waals surface area contributed by atoms with E-state index in [1.165, 1.54) is 6.07 Å². The number of anilines is 2. The molecule has 0 saturated heterocycles. The number of para-hydroxylation sites is 1. The number of pyridine rings is 1. The van der Waals surface area contributed by atoms with Crippen LogP contribution in [0.4, 0.5) is 11.5 Å². The molecular weight excluding hydrogens is 356 g/mol. The first kappa shape index (κ1) is 17.5. The lowest BCUT2D eigenvalue weighted by Crippen LogP contribution is -2.20. The van der Waals surface area contributed by atoms with E-state index in [4.69, 9.17) is 0 Å². The number of rotatable bonds is 4. The van der Waals surface area contributed by atoms with Gasteiger partial charge in [0.2, 0.25) is 0 Å². The van der Waals surface area contributed by atoms with E-state index in [1.807, 2.05) is 43.3 Å². The van der Waals surface area contributed by atoms with Crippen molar-refractivity contribution < 1.29 is 9.90 Å². The van der Waals surface area contributed by atoms with Crippen molar-refractivity contribution in [2.45, 2.75) is 6.92 Å². The van der Waals surface area contributed by atoms with Crippen molar-refractivity contribution in [3.63, 3.8) is 0 Å². The third-order valence-electron chi connectivity index (χ3n) is 4.82. The lowest BCUT2D eigenvalue weighted by Gasteiger charge is -2.10. The molecule has 0 aliphatic heterocycles. The highest BCUT2D eigenvalue weighted by Gasteiger charge is 2.19. The number of nitrogens with one attached hydrogen (secondary N) is 1. The number of aromatic carboxylic acids is 1. The Labute approximate surface area is 160 Å². The molecule has 140 valence electrons. The largest absolute Gasteiger partial charge is 0.478 e. The van der Waals surface area contributed by atoms with E-state index in [9.17, 15) is 14.7 Å². The van der Waals surface area contributed by atoms with Gasteiger partial charge < -0.3 is 10.4 Å². The van der Waals surface area contributed by atoms with Crippen LogP contribution in [0.15, 0.2) is 65.6 Å². The number of aromatic nitrogens is 3. The van der Waals surface area contributed by atoms with Crippen LogP contribution in [0.2, 0.25) is 0 Å². The molecule has 7 heteroatoms. The second-order valence-corrected chi connectivity index (χ2v) is 6.43. The highest BCUT2D eigenvalue weighted by molar-refractivity contribution is 6.08. The second kappa shape index (κ2) is 6.70. The number of nitrogens with zero attached hydrogens (tertiary/aromatic N) is 3. The van der Waals surface area contributed by atoms with Gasteiger partial charge in [-0.05, 0) is 36.6 Å². The van der Waals surface area contributed by atoms with E-state index in [2.05, 4.69) is 10.3 Å². The van der Waals surface area contributed by atoms with Gasteiger partial charge in [-0.1, -0.05) is 30.3 Å². The van der Waals surface area contributed by atoms with Gasteiger partial charge in [-0.3, -0.25) is 9.48 Å². The molecule has 0 radical (unpaired) electrons. The van der Waals surface area contributed by atoms with E-state index in [0.29, 0.717) is 22.6 Å². The molecule has 0 saturated carbocycles. The first-order valence-corrected chi connectivity index (χ1v) is 8.71. The summed E-state index contributed by atoms with van der Waals surface area (Å²) in [6.45, 7) is 1.83. The second-order valence-electron chi connectivity index (χ2n) is 6.43. The lowest BCUT2D eigenvalue weighted by atomic mass is 10.1. The molecule has 0 unspecified atom stereocenters. The van der Waals surface area contributed by atoms with Crippen LogP contribution >= 0.6 is 0 Å². The summed E-state index contributed by atoms with van der Waals surface area (Å²) in [5, 5.41) is 13.8. The van der Waals surface area contributed by atoms with Gasteiger partial charge in [0.1, 0.15) is 11.5 Å². The Balaban J connectivity index is 1.90. The fraction of sp³-hybridized carbons (Fsp3) is 0.0952. The third kappa shape index (κ3) is 2.73. The van der Waals surface area contributed by atoms with Gasteiger partial charge in [0.25, 0.3) is 5.56 Å². The molecular formula is C21H18N4O3. The smallest absolute Gasteiger partial charge is 0.336 e. The van der Waals surface area contributed by atoms with E-state index in [1.54, 1.807) is 34.7 Å². The zero-order valence-electron chi connectivity index (χ0n) is 15.4. The van der Waals surface area contributed by atoms with Gasteiger partial charge in [-0.2, -0.15) is 0 Å². The van der Waals surface area contributed by atoms with Gasteiger partial charge >= 0.3 is 5.97 Å². The molecule has 0 aliphatic carbocycles. The Morgan fingerprint density at radius 3 is 2.54 bits per heavy atom. The first-order chi connectivity index (χ1) is 13.5. The molecule has 4 rings (SSSR count). The minimum absolute atomic E-state index is 0.130. The molecule has 0 spiro atoms. The minimum atomic E-state index is -1.05. The fourth-order valence-corrected chi connectivity index (χ4v) is 3.33. The monoisotopic (exact) mass is 374 g/mol. The van der Waals surface area contributed by atoms with Crippen molar-refractivity contribution in [2.24, 2.45) is 7.05 Å². The van der Waals surface area contributed by atoms with E-state index in [-0.39, 0.29) is 11.1 Å². The number of benzene rings is 2. The number of hydrogen-bond donors (Lipinski definition) is 2. The Bertz CT molecular complexity index is 1250. The van der Waals surface area contributed by atoms with Gasteiger partial charge in [-0.15, -0.1) is 0 Å². The summed E-state index contributed by atoms with van der Waals surface area (Å²) < 4.78 is 3.31. The molecule has 0 fully saturated rings. The van der Waals surface area contributed by atoms with Crippen LogP contribution in [0.1, 0.15) is 16.1 Å². The van der Waals surface area contributed by atoms with E-state index >= 15 is 0 Å². The predicted octanol–water partition coefficient (Wildman–Crippen LogP) is 3.47. The molecule has 2 heterocycles. The standard InChI is InChI=1S/C21H18N4O3/c1-13-18(20(26)25(24(13)2)15-8-4-3-5-9-15)23-19-17-14(11-12-22-19)7-6-10-16(17)21(27)28/h3-12H,1-2H3,(H,22,23)(H,27,28). The average Bonchev–Trinajstić information content (AvgIpc) is 2.91. The van der Waals surface area contributed by atoms with Gasteiger partial charge in [0.05, 0.1) is 16.9 Å². The highest BCUT2D eigenvalue weighted by atomic mass is 16.4. The van der Waals surface area contributed by atoms with Crippen molar-refractivity contribution in [3.05, 3.63) is 82.4 Å². The first-order valence-electron chi connectivity index (χ1n) is 8.71. The zero-order chi connectivity index (χ0) is 19.8. The molecule has 0 bridgehead atoms. The van der Waals surface area contributed by atoms with Crippen molar-refractivity contribution in [1.29, 1.82) is 0 Å². The fourth-order valence-electron chi connectivity index (χ4n) is 3.33. The number of hydrogen-bond acceptors (Lipinski definition) is 4. The summed E-state index contributed by atoms with van der Waals surface area (Å²) in [6.07, 6.45) is 1.59. The molecule has 2 N–H and O–H groups in total. The quantitative estimate of drug-likeness (QED) is 0.571. The van der Waals surface area contributed by atoms with Crippen LogP contribution in [0.3, 0.4) is 0 Å². The molecule has 2 aromatic carbocycles. The summed E-state index contributed by atoms with van der Waals surface area (Å²) in [5.41, 5.74) is 1.69. The number of carboxylic acid groups (broad SMARTS) is 1. The maximum Gasteiger partial charge on any atom is 0.336 e. The van der Waals surface area contributed by atoms with Gasteiger partial charge in [0, 0.05) is 18.6 Å². The number of carboxylic acids is 1. The summed E-state index contributed by atoms with van der Waals surface area (Å²) in [7, 11) is 1.80. The van der Waals surface area contributed by atoms with Crippen molar-refractivity contribution in [1.82, 2.24) is 14.3 Å². The maximum atomic E-state index is 13.1. The molecule has 2 aromatic heterocycles. The third-order valence-corrected chi connectivity index (χ3v) is 4.82. The lowest BCUT2D eigenvalue weighted by molar-refractivity contribution is 0.0699. The van der Waals surface area contributed by atoms with Crippen LogP contribution < -0.4 is 10.9 Å². The molecule has 0 atom stereocenters. The maximum absolute atomic E-state index is 13.1. The van der Waals surface area contributed by atoms with E-state index in [0.717, 1.165) is 11.1 Å². The zero-order valence-corrected chi connectivity index (χ0v) is 15.4. The van der Waals surface area contributed by atoms with Crippen LogP contribution in [-0.4, -0.2) is 25.4 Å². The normalized spacial score (nSPS) is 10.9. The molecule has 4 aromatic rings. The Morgan fingerprint density at radius 2 is 1.82 bits per heavy atom. The highest BCUT2D eigenvalue weighted by Crippen LogP contribution is 2.28. The minimum Gasteiger partial charge on any atom is -0.478 e. The molecule has 0 aliphatic rings. The van der Waals surface area contributed by atoms with Crippen LogP contribution in [0.25, 0.3) is 16.5 Å². The molecule has 7 nitrogen and oxygen atoms in total. The Hall–Kier alpha value is -3.87. The van der Waals surface area contributed by atoms with Crippen LogP contribution in [0, 0.1) is 6.92 Å². The SMILES string of the molecule is Cc1c(Nc2nccc3cccc(C(=O)O)c23)c(=O)n(-c2ccccc2)n1C. The average molecular weight is 374 g/mol. The van der Waals surface area contributed by atoms with Crippen LogP contribution in [-0.2, 0) is 7.05 Å². The van der Waals surface area contributed by atoms with Crippen molar-refractivity contribution in [3.8, 4) is 5.69 Å². The van der Waals surface area contributed by atoms with Gasteiger partial charge in [-0.25, -0.2) is 14.5 Å². The summed E-state index contributed by atoms with van der Waals surface area (Å²) in [5.74, 6) is -0.713. The number of fused-ring (bicyclic) bond motifs is 1. The number of carbonyl (C=O) groups is 1. The summed E-state index contributed by atoms with van der Waals surface area (Å²) in [4.78, 5) is 29.1. The predicted molar refractivity (Wildman–Crippen MR) is 108 cm³/mol. The summed E-state index contributed by atoms with van der Waals surface area (Å²) in [6, 6.07) is 16.1. The molecule has 28 heavy (non-hydrogen) atoms. The van der Waals surface area contributed by atoms with Crippen LogP contribution in [0.5, 0.6) is 0 Å². The topological polar surface area (TPSA) is 89.2 Å². The summed E-state index contributed by atoms with van der Waals surface area (Å²) >= 11 is 0. The van der Waals surface area contributed by atoms with Gasteiger partial charge in [0.15, 0.2) is 0 Å². The van der Waals surface area contributed by atoms with E-state index < -0.39 is 5.97 Å².